The van der Waals surface area contributed by atoms with E-state index in [9.17, 15) is 19.2 Å². The Balaban J connectivity index is 1.44. The van der Waals surface area contributed by atoms with E-state index in [1.54, 1.807) is 0 Å². The summed E-state index contributed by atoms with van der Waals surface area (Å²) in [6, 6.07) is 15.4. The van der Waals surface area contributed by atoms with Crippen molar-refractivity contribution in [1.29, 1.82) is 0 Å². The molecule has 4 rings (SSSR count). The third kappa shape index (κ3) is 3.91. The zero-order chi connectivity index (χ0) is 21.3. The third-order valence-electron chi connectivity index (χ3n) is 5.63. The van der Waals surface area contributed by atoms with Crippen molar-refractivity contribution in [1.82, 2.24) is 4.90 Å². The van der Waals surface area contributed by atoms with Crippen molar-refractivity contribution in [3.05, 3.63) is 71.3 Å². The molecule has 1 heterocycles. The quantitative estimate of drug-likeness (QED) is 0.771. The molecule has 152 valence electrons. The number of hydrogen-bond donors (Lipinski definition) is 1. The van der Waals surface area contributed by atoms with E-state index in [4.69, 9.17) is 5.11 Å². The fourth-order valence-electron chi connectivity index (χ4n) is 3.83. The molecule has 2 aromatic rings. The van der Waals surface area contributed by atoms with Gasteiger partial charge in [-0.2, -0.15) is 0 Å². The number of carboxylic acid groups (broad SMARTS) is 1. The molecule has 0 spiro atoms. The molecule has 0 unspecified atom stereocenters. The van der Waals surface area contributed by atoms with Gasteiger partial charge in [0, 0.05) is 36.2 Å². The highest BCUT2D eigenvalue weighted by Gasteiger charge is 2.41. The molecule has 1 aliphatic heterocycles. The van der Waals surface area contributed by atoms with Crippen LogP contribution in [-0.4, -0.2) is 52.9 Å². The minimum Gasteiger partial charge on any atom is -0.478 e. The van der Waals surface area contributed by atoms with Gasteiger partial charge < -0.3 is 14.8 Å². The topological polar surface area (TPSA) is 104 Å². The Morgan fingerprint density at radius 3 is 2.27 bits per heavy atom. The highest BCUT2D eigenvalue weighted by atomic mass is 16.4. The highest BCUT2D eigenvalue weighted by Crippen LogP contribution is 2.38. The standard InChI is InChI=1S/C23H20N2O5/c26-13-17-11-25(22(28)15-6-8-16(9-7-15)23(29)30)12-19(17)21(27)24-20-10-18(20)14-4-2-1-3-5-14/h1-9,13,17-19H,10-12H2,(H,29,30)/t17-,18+,19+/m1/s1. The van der Waals surface area contributed by atoms with Gasteiger partial charge in [-0.15, -0.1) is 0 Å². The second-order valence-corrected chi connectivity index (χ2v) is 7.61. The van der Waals surface area contributed by atoms with E-state index in [1.165, 1.54) is 29.2 Å². The SMILES string of the molecule is O=C[C@H]1CN(C(=O)c2ccc(C(=O)O)cc2)C[C@@H]1C(=O)N=C1C[C@H]1c1ccccc1. The fourth-order valence-corrected chi connectivity index (χ4v) is 3.83. The van der Waals surface area contributed by atoms with E-state index >= 15 is 0 Å². The summed E-state index contributed by atoms with van der Waals surface area (Å²) in [6.07, 6.45) is 1.44. The highest BCUT2D eigenvalue weighted by molar-refractivity contribution is 6.11. The molecule has 0 aromatic heterocycles. The van der Waals surface area contributed by atoms with Gasteiger partial charge in [0.25, 0.3) is 11.8 Å². The summed E-state index contributed by atoms with van der Waals surface area (Å²) in [5.74, 6) is -2.88. The number of carbonyl (C=O) groups excluding carboxylic acids is 3. The molecule has 2 aromatic carbocycles. The van der Waals surface area contributed by atoms with Gasteiger partial charge in [0.05, 0.1) is 11.5 Å². The number of amides is 2. The maximum atomic E-state index is 12.7. The van der Waals surface area contributed by atoms with E-state index in [2.05, 4.69) is 4.99 Å². The Kier molecular flexibility index (Phi) is 5.27. The first-order valence-corrected chi connectivity index (χ1v) is 9.72. The van der Waals surface area contributed by atoms with Gasteiger partial charge in [0.15, 0.2) is 0 Å². The number of carbonyl (C=O) groups is 4. The number of aliphatic imine (C=N–C) groups is 1. The lowest BCUT2D eigenvalue weighted by atomic mass is 9.97. The van der Waals surface area contributed by atoms with Crippen molar-refractivity contribution in [3.63, 3.8) is 0 Å². The molecule has 2 fully saturated rings. The van der Waals surface area contributed by atoms with Crippen molar-refractivity contribution >= 4 is 29.8 Å². The average Bonchev–Trinajstić information content (AvgIpc) is 3.39. The van der Waals surface area contributed by atoms with Gasteiger partial charge in [-0.25, -0.2) is 9.79 Å². The van der Waals surface area contributed by atoms with E-state index in [1.807, 2.05) is 30.3 Å². The average molecular weight is 404 g/mol. The van der Waals surface area contributed by atoms with Crippen molar-refractivity contribution in [2.75, 3.05) is 13.1 Å². The molecule has 2 aliphatic rings. The van der Waals surface area contributed by atoms with Crippen LogP contribution >= 0.6 is 0 Å². The Morgan fingerprint density at radius 1 is 0.967 bits per heavy atom. The minimum atomic E-state index is -1.07. The summed E-state index contributed by atoms with van der Waals surface area (Å²) in [6.45, 7) is 0.265. The molecule has 7 heteroatoms. The van der Waals surface area contributed by atoms with Crippen LogP contribution in [0.15, 0.2) is 59.6 Å². The first-order valence-electron chi connectivity index (χ1n) is 9.72. The molecule has 1 N–H and O–H groups in total. The molecule has 1 aliphatic carbocycles. The predicted octanol–water partition coefficient (Wildman–Crippen LogP) is 2.43. The summed E-state index contributed by atoms with van der Waals surface area (Å²) in [4.78, 5) is 53.6. The van der Waals surface area contributed by atoms with Crippen LogP contribution in [0.1, 0.15) is 38.6 Å². The number of nitrogens with zero attached hydrogens (tertiary/aromatic N) is 2. The zero-order valence-corrected chi connectivity index (χ0v) is 16.1. The van der Waals surface area contributed by atoms with Crippen molar-refractivity contribution < 1.29 is 24.3 Å². The van der Waals surface area contributed by atoms with Crippen LogP contribution in [0.2, 0.25) is 0 Å². The van der Waals surface area contributed by atoms with Crippen LogP contribution < -0.4 is 0 Å². The summed E-state index contributed by atoms with van der Waals surface area (Å²) < 4.78 is 0. The molecule has 2 amide bonds. The van der Waals surface area contributed by atoms with Crippen molar-refractivity contribution in [2.24, 2.45) is 16.8 Å². The Bertz CT molecular complexity index is 1030. The second-order valence-electron chi connectivity index (χ2n) is 7.61. The number of aldehydes is 1. The normalized spacial score (nSPS) is 23.9. The van der Waals surface area contributed by atoms with Crippen LogP contribution in [0.5, 0.6) is 0 Å². The molecule has 30 heavy (non-hydrogen) atoms. The van der Waals surface area contributed by atoms with Gasteiger partial charge in [0.1, 0.15) is 6.29 Å². The number of likely N-dealkylation sites (tertiary alicyclic amines) is 1. The molecule has 3 atom stereocenters. The summed E-state index contributed by atoms with van der Waals surface area (Å²) in [7, 11) is 0. The van der Waals surface area contributed by atoms with Gasteiger partial charge in [-0.3, -0.25) is 9.59 Å². The Morgan fingerprint density at radius 2 is 1.63 bits per heavy atom. The summed E-state index contributed by atoms with van der Waals surface area (Å²) in [5, 5.41) is 8.97. The first-order chi connectivity index (χ1) is 14.5. The van der Waals surface area contributed by atoms with E-state index in [-0.39, 0.29) is 36.4 Å². The number of carboxylic acids is 1. The van der Waals surface area contributed by atoms with E-state index in [0.29, 0.717) is 11.8 Å². The minimum absolute atomic E-state index is 0.0834. The van der Waals surface area contributed by atoms with Gasteiger partial charge in [-0.05, 0) is 36.2 Å². The maximum Gasteiger partial charge on any atom is 0.335 e. The lowest BCUT2D eigenvalue weighted by Gasteiger charge is -2.16. The van der Waals surface area contributed by atoms with Crippen molar-refractivity contribution in [3.8, 4) is 0 Å². The fraction of sp³-hybridized carbons (Fsp3) is 0.261. The number of rotatable bonds is 5. The summed E-state index contributed by atoms with van der Waals surface area (Å²) >= 11 is 0. The zero-order valence-electron chi connectivity index (χ0n) is 16.1. The van der Waals surface area contributed by atoms with Crippen LogP contribution in [0.4, 0.5) is 0 Å². The monoisotopic (exact) mass is 404 g/mol. The van der Waals surface area contributed by atoms with Crippen LogP contribution in [0.3, 0.4) is 0 Å². The predicted molar refractivity (Wildman–Crippen MR) is 109 cm³/mol. The van der Waals surface area contributed by atoms with Crippen LogP contribution in [-0.2, 0) is 9.59 Å². The van der Waals surface area contributed by atoms with Gasteiger partial charge >= 0.3 is 5.97 Å². The molecular weight excluding hydrogens is 384 g/mol. The molecule has 1 saturated carbocycles. The molecular formula is C23H20N2O5. The second kappa shape index (κ2) is 8.02. The largest absolute Gasteiger partial charge is 0.478 e. The van der Waals surface area contributed by atoms with Crippen LogP contribution in [0.25, 0.3) is 0 Å². The van der Waals surface area contributed by atoms with E-state index in [0.717, 1.165) is 17.7 Å². The maximum absolute atomic E-state index is 12.7. The molecule has 7 nitrogen and oxygen atoms in total. The van der Waals surface area contributed by atoms with Crippen LogP contribution in [0, 0.1) is 11.8 Å². The number of benzene rings is 2. The molecule has 1 saturated heterocycles. The molecule has 0 bridgehead atoms. The summed E-state index contributed by atoms with van der Waals surface area (Å²) in [5.41, 5.74) is 2.32. The van der Waals surface area contributed by atoms with Crippen molar-refractivity contribution in [2.45, 2.75) is 12.3 Å². The third-order valence-corrected chi connectivity index (χ3v) is 5.63. The molecule has 0 radical (unpaired) electrons. The first kappa shape index (κ1) is 19.7. The number of hydrogen-bond acceptors (Lipinski definition) is 4. The Hall–Kier alpha value is -3.61. The Labute approximate surface area is 173 Å². The van der Waals surface area contributed by atoms with Gasteiger partial charge in [0.2, 0.25) is 0 Å². The lowest BCUT2D eigenvalue weighted by Crippen LogP contribution is -2.29. The lowest BCUT2D eigenvalue weighted by molar-refractivity contribution is -0.125. The smallest absolute Gasteiger partial charge is 0.335 e. The van der Waals surface area contributed by atoms with Gasteiger partial charge in [-0.1, -0.05) is 30.3 Å². The number of aromatic carboxylic acids is 1. The van der Waals surface area contributed by atoms with E-state index < -0.39 is 17.8 Å².